The average Bonchev–Trinajstić information content (AvgIpc) is 2.91. The Kier molecular flexibility index (Phi) is 4.56. The van der Waals surface area contributed by atoms with Crippen molar-refractivity contribution in [3.05, 3.63) is 6.33 Å². The van der Waals surface area contributed by atoms with Gasteiger partial charge in [-0.25, -0.2) is 4.98 Å². The number of aromatic nitrogens is 4. The van der Waals surface area contributed by atoms with Gasteiger partial charge in [-0.1, -0.05) is 13.8 Å². The molecule has 2 aromatic heterocycles. The van der Waals surface area contributed by atoms with E-state index in [-0.39, 0.29) is 12.5 Å². The number of fused-ring (bicyclic) bond motifs is 1. The molecule has 0 aliphatic carbocycles. The summed E-state index contributed by atoms with van der Waals surface area (Å²) in [7, 11) is 3.56. The van der Waals surface area contributed by atoms with Gasteiger partial charge in [0.05, 0.1) is 12.9 Å². The Bertz CT molecular complexity index is 622. The van der Waals surface area contributed by atoms with E-state index in [0.717, 1.165) is 0 Å². The molecule has 8 heteroatoms. The second kappa shape index (κ2) is 6.38. The molecule has 0 unspecified atom stereocenters. The zero-order valence-corrected chi connectivity index (χ0v) is 12.8. The van der Waals surface area contributed by atoms with Gasteiger partial charge in [0.1, 0.15) is 5.52 Å². The van der Waals surface area contributed by atoms with Crippen molar-refractivity contribution >= 4 is 28.8 Å². The summed E-state index contributed by atoms with van der Waals surface area (Å²) in [6.07, 6.45) is 1.56. The predicted molar refractivity (Wildman–Crippen MR) is 82.3 cm³/mol. The van der Waals surface area contributed by atoms with E-state index in [1.807, 2.05) is 7.05 Å². The van der Waals surface area contributed by atoms with Crippen molar-refractivity contribution in [3.63, 3.8) is 0 Å². The van der Waals surface area contributed by atoms with Gasteiger partial charge in [0.15, 0.2) is 11.5 Å². The van der Waals surface area contributed by atoms with E-state index in [1.165, 1.54) is 0 Å². The summed E-state index contributed by atoms with van der Waals surface area (Å²) in [6, 6.07) is 0. The Hall–Kier alpha value is -2.38. The van der Waals surface area contributed by atoms with Crippen LogP contribution in [0.15, 0.2) is 6.33 Å². The van der Waals surface area contributed by atoms with E-state index in [0.29, 0.717) is 35.4 Å². The Morgan fingerprint density at radius 1 is 1.43 bits per heavy atom. The molecule has 2 heterocycles. The van der Waals surface area contributed by atoms with Gasteiger partial charge in [-0.2, -0.15) is 9.97 Å². The molecule has 0 saturated heterocycles. The highest BCUT2D eigenvalue weighted by molar-refractivity contribution is 5.87. The third-order valence-corrected chi connectivity index (χ3v) is 2.94. The highest BCUT2D eigenvalue weighted by Crippen LogP contribution is 2.21. The summed E-state index contributed by atoms with van der Waals surface area (Å²) in [5.74, 6) is 1.50. The van der Waals surface area contributed by atoms with Crippen LogP contribution in [0.25, 0.3) is 11.2 Å². The summed E-state index contributed by atoms with van der Waals surface area (Å²) in [6.45, 7) is 5.00. The quantitative estimate of drug-likeness (QED) is 0.721. The second-order valence-corrected chi connectivity index (χ2v) is 5.28. The maximum absolute atomic E-state index is 11.9. The lowest BCUT2D eigenvalue weighted by Crippen LogP contribution is -2.37. The number of rotatable bonds is 6. The smallest absolute Gasteiger partial charge is 0.239 e. The normalized spacial score (nSPS) is 10.9. The van der Waals surface area contributed by atoms with Gasteiger partial charge < -0.3 is 20.5 Å². The first-order valence-corrected chi connectivity index (χ1v) is 6.88. The van der Waals surface area contributed by atoms with Crippen molar-refractivity contribution in [3.8, 4) is 0 Å². The number of hydrogen-bond acceptors (Lipinski definition) is 6. The highest BCUT2D eigenvalue weighted by atomic mass is 16.2. The molecule has 0 aromatic carbocycles. The minimum atomic E-state index is -0.0384. The molecule has 114 valence electrons. The fourth-order valence-electron chi connectivity index (χ4n) is 1.87. The number of amides is 1. The van der Waals surface area contributed by atoms with Gasteiger partial charge in [-0.3, -0.25) is 4.79 Å². The van der Waals surface area contributed by atoms with Crippen LogP contribution in [0.2, 0.25) is 0 Å². The number of nitrogens with one attached hydrogen (secondary N) is 3. The van der Waals surface area contributed by atoms with Crippen molar-refractivity contribution < 1.29 is 4.79 Å². The lowest BCUT2D eigenvalue weighted by atomic mass is 10.2. The molecule has 3 N–H and O–H groups in total. The lowest BCUT2D eigenvalue weighted by Gasteiger charge is -2.19. The molecule has 0 aliphatic heterocycles. The van der Waals surface area contributed by atoms with E-state index >= 15 is 0 Å². The number of hydrogen-bond donors (Lipinski definition) is 3. The summed E-state index contributed by atoms with van der Waals surface area (Å²) < 4.78 is 0. The first-order chi connectivity index (χ1) is 10.0. The van der Waals surface area contributed by atoms with Crippen LogP contribution in [0.3, 0.4) is 0 Å². The van der Waals surface area contributed by atoms with Crippen LogP contribution in [-0.4, -0.2) is 53.0 Å². The number of H-pyrrole nitrogens is 1. The summed E-state index contributed by atoms with van der Waals surface area (Å²) in [5, 5.41) is 5.78. The zero-order chi connectivity index (χ0) is 15.4. The minimum absolute atomic E-state index is 0.0384. The highest BCUT2D eigenvalue weighted by Gasteiger charge is 2.15. The Labute approximate surface area is 123 Å². The Morgan fingerprint density at radius 3 is 2.86 bits per heavy atom. The molecule has 21 heavy (non-hydrogen) atoms. The monoisotopic (exact) mass is 291 g/mol. The maximum atomic E-state index is 11.9. The number of likely N-dealkylation sites (N-methyl/N-ethyl adjacent to an activating group) is 1. The number of anilines is 2. The van der Waals surface area contributed by atoms with Crippen LogP contribution < -0.4 is 15.5 Å². The molecule has 0 radical (unpaired) electrons. The van der Waals surface area contributed by atoms with Crippen LogP contribution in [-0.2, 0) is 4.79 Å². The Balaban J connectivity index is 2.16. The SMILES string of the molecule is CNc1nc(N(C)CC(=O)NCC(C)C)c2[nH]cnc2n1. The number of carbonyl (C=O) groups excluding carboxylic acids is 1. The van der Waals surface area contributed by atoms with Crippen LogP contribution in [0.4, 0.5) is 11.8 Å². The van der Waals surface area contributed by atoms with Crippen molar-refractivity contribution in [2.24, 2.45) is 5.92 Å². The van der Waals surface area contributed by atoms with E-state index in [2.05, 4.69) is 44.4 Å². The van der Waals surface area contributed by atoms with Crippen molar-refractivity contribution in [2.45, 2.75) is 13.8 Å². The molecule has 8 nitrogen and oxygen atoms in total. The summed E-state index contributed by atoms with van der Waals surface area (Å²) >= 11 is 0. The summed E-state index contributed by atoms with van der Waals surface area (Å²) in [5.41, 5.74) is 1.28. The molecule has 1 amide bonds. The first kappa shape index (κ1) is 15.0. The fraction of sp³-hybridized carbons (Fsp3) is 0.538. The van der Waals surface area contributed by atoms with Crippen molar-refractivity contribution in [2.75, 3.05) is 37.4 Å². The molecule has 0 fully saturated rings. The zero-order valence-electron chi connectivity index (χ0n) is 12.8. The molecule has 0 spiro atoms. The lowest BCUT2D eigenvalue weighted by molar-refractivity contribution is -0.119. The van der Waals surface area contributed by atoms with Gasteiger partial charge in [0.2, 0.25) is 11.9 Å². The molecule has 0 bridgehead atoms. The van der Waals surface area contributed by atoms with Crippen molar-refractivity contribution in [1.82, 2.24) is 25.3 Å². The Morgan fingerprint density at radius 2 is 2.19 bits per heavy atom. The van der Waals surface area contributed by atoms with Gasteiger partial charge in [-0.05, 0) is 5.92 Å². The predicted octanol–water partition coefficient (Wildman–Crippen LogP) is 0.603. The molecule has 0 atom stereocenters. The number of carbonyl (C=O) groups is 1. The molecule has 0 saturated carbocycles. The first-order valence-electron chi connectivity index (χ1n) is 6.88. The van der Waals surface area contributed by atoms with Crippen LogP contribution in [0, 0.1) is 5.92 Å². The van der Waals surface area contributed by atoms with Gasteiger partial charge in [0, 0.05) is 20.6 Å². The third-order valence-electron chi connectivity index (χ3n) is 2.94. The van der Waals surface area contributed by atoms with Crippen molar-refractivity contribution in [1.29, 1.82) is 0 Å². The molecule has 2 aromatic rings. The molecular formula is C13H21N7O. The molecule has 0 aliphatic rings. The number of nitrogens with zero attached hydrogens (tertiary/aromatic N) is 4. The van der Waals surface area contributed by atoms with E-state index in [1.54, 1.807) is 18.3 Å². The summed E-state index contributed by atoms with van der Waals surface area (Å²) in [4.78, 5) is 29.5. The largest absolute Gasteiger partial charge is 0.357 e. The average molecular weight is 291 g/mol. The number of aromatic amines is 1. The van der Waals surface area contributed by atoms with Crippen LogP contribution in [0.1, 0.15) is 13.8 Å². The van der Waals surface area contributed by atoms with Gasteiger partial charge in [0.25, 0.3) is 0 Å². The van der Waals surface area contributed by atoms with Gasteiger partial charge >= 0.3 is 0 Å². The fourth-order valence-corrected chi connectivity index (χ4v) is 1.87. The van der Waals surface area contributed by atoms with E-state index < -0.39 is 0 Å². The standard InChI is InChI=1S/C13H21N7O/c1-8(2)5-15-9(21)6-20(4)12-10-11(17-7-16-10)18-13(14-3)19-12/h7-8H,5-6H2,1-4H3,(H,15,21)(H2,14,16,17,18,19). The van der Waals surface area contributed by atoms with Gasteiger partial charge in [-0.15, -0.1) is 0 Å². The molecular weight excluding hydrogens is 270 g/mol. The topological polar surface area (TPSA) is 98.8 Å². The van der Waals surface area contributed by atoms with Crippen LogP contribution >= 0.6 is 0 Å². The molecule has 2 rings (SSSR count). The maximum Gasteiger partial charge on any atom is 0.239 e. The van der Waals surface area contributed by atoms with E-state index in [4.69, 9.17) is 0 Å². The second-order valence-electron chi connectivity index (χ2n) is 5.28. The minimum Gasteiger partial charge on any atom is -0.357 e. The number of imidazole rings is 1. The third kappa shape index (κ3) is 3.59. The van der Waals surface area contributed by atoms with E-state index in [9.17, 15) is 4.79 Å². The van der Waals surface area contributed by atoms with Crippen LogP contribution in [0.5, 0.6) is 0 Å².